The second-order valence-electron chi connectivity index (χ2n) is 3.21. The number of aromatic hydroxyl groups is 1. The Balaban J connectivity index is 3.06. The van der Waals surface area contributed by atoms with Crippen molar-refractivity contribution < 1.29 is 15.0 Å². The largest absolute Gasteiger partial charge is 0.507 e. The molecule has 0 aliphatic rings. The van der Waals surface area contributed by atoms with Crippen molar-refractivity contribution in [3.05, 3.63) is 42.0 Å². The summed E-state index contributed by atoms with van der Waals surface area (Å²) in [4.78, 5) is 10.7. The lowest BCUT2D eigenvalue weighted by Gasteiger charge is -2.10. The number of carbonyl (C=O) groups is 1. The summed E-state index contributed by atoms with van der Waals surface area (Å²) in [5, 5.41) is 18.1. The second-order valence-corrected chi connectivity index (χ2v) is 3.21. The number of nitrogens with two attached hydrogens (primary N) is 1. The van der Waals surface area contributed by atoms with Gasteiger partial charge in [0.25, 0.3) is 0 Å². The lowest BCUT2D eigenvalue weighted by Crippen LogP contribution is -2.10. The van der Waals surface area contributed by atoms with E-state index in [0.717, 1.165) is 0 Å². The summed E-state index contributed by atoms with van der Waals surface area (Å²) in [5.41, 5.74) is 6.32. The molecule has 0 fully saturated rings. The van der Waals surface area contributed by atoms with Crippen molar-refractivity contribution in [1.29, 1.82) is 0 Å². The van der Waals surface area contributed by atoms with Crippen molar-refractivity contribution >= 4 is 5.97 Å². The van der Waals surface area contributed by atoms with Crippen LogP contribution in [0.2, 0.25) is 0 Å². The molecule has 0 bridgehead atoms. The van der Waals surface area contributed by atoms with E-state index in [1.54, 1.807) is 12.1 Å². The fourth-order valence-corrected chi connectivity index (χ4v) is 1.27. The molecular weight excluding hydrogens is 194 g/mol. The third-order valence-electron chi connectivity index (χ3n) is 2.10. The zero-order valence-electron chi connectivity index (χ0n) is 8.18. The van der Waals surface area contributed by atoms with E-state index in [-0.39, 0.29) is 17.4 Å². The van der Waals surface area contributed by atoms with E-state index in [1.807, 2.05) is 0 Å². The molecule has 0 saturated heterocycles. The molecule has 80 valence electrons. The number of carboxylic acids is 1. The fourth-order valence-electron chi connectivity index (χ4n) is 1.27. The van der Waals surface area contributed by atoms with E-state index in [1.165, 1.54) is 12.1 Å². The van der Waals surface area contributed by atoms with Gasteiger partial charge in [0.2, 0.25) is 0 Å². The van der Waals surface area contributed by atoms with Crippen molar-refractivity contribution in [2.45, 2.75) is 12.5 Å². The molecule has 1 aromatic rings. The molecule has 0 unspecified atom stereocenters. The highest BCUT2D eigenvalue weighted by atomic mass is 16.4. The molecule has 1 rings (SSSR count). The Morgan fingerprint density at radius 2 is 2.27 bits per heavy atom. The zero-order valence-corrected chi connectivity index (χ0v) is 8.18. The molecule has 0 spiro atoms. The quantitative estimate of drug-likeness (QED) is 0.656. The number of benzene rings is 1. The van der Waals surface area contributed by atoms with E-state index >= 15 is 0 Å². The summed E-state index contributed by atoms with van der Waals surface area (Å²) < 4.78 is 0. The van der Waals surface area contributed by atoms with Crippen LogP contribution in [0.15, 0.2) is 30.9 Å². The predicted octanol–water partition coefficient (Wildman–Crippen LogP) is 1.67. The summed E-state index contributed by atoms with van der Waals surface area (Å²) in [7, 11) is 0. The molecule has 0 aliphatic heterocycles. The maximum absolute atomic E-state index is 10.7. The van der Waals surface area contributed by atoms with Crippen LogP contribution in [0.3, 0.4) is 0 Å². The van der Waals surface area contributed by atoms with Crippen molar-refractivity contribution in [2.75, 3.05) is 0 Å². The molecule has 0 aliphatic carbocycles. The van der Waals surface area contributed by atoms with Crippen molar-refractivity contribution in [2.24, 2.45) is 5.73 Å². The Hall–Kier alpha value is -1.81. The highest BCUT2D eigenvalue weighted by Crippen LogP contribution is 2.22. The predicted molar refractivity (Wildman–Crippen MR) is 56.8 cm³/mol. The van der Waals surface area contributed by atoms with Gasteiger partial charge in [-0.1, -0.05) is 12.1 Å². The maximum Gasteiger partial charge on any atom is 0.339 e. The first kappa shape index (κ1) is 11.3. The Labute approximate surface area is 87.7 Å². The Morgan fingerprint density at radius 1 is 1.60 bits per heavy atom. The number of phenols is 1. The van der Waals surface area contributed by atoms with Crippen LogP contribution in [0, 0.1) is 0 Å². The molecule has 0 saturated carbocycles. The van der Waals surface area contributed by atoms with Crippen LogP contribution in [-0.4, -0.2) is 16.2 Å². The average Bonchev–Trinajstić information content (AvgIpc) is 2.18. The first-order valence-electron chi connectivity index (χ1n) is 4.49. The lowest BCUT2D eigenvalue weighted by atomic mass is 10.0. The average molecular weight is 207 g/mol. The highest BCUT2D eigenvalue weighted by molar-refractivity contribution is 5.90. The van der Waals surface area contributed by atoms with Gasteiger partial charge in [-0.05, 0) is 24.1 Å². The molecule has 0 aromatic heterocycles. The van der Waals surface area contributed by atoms with Gasteiger partial charge in [0.05, 0.1) is 0 Å². The van der Waals surface area contributed by atoms with Gasteiger partial charge in [-0.25, -0.2) is 4.79 Å². The van der Waals surface area contributed by atoms with Crippen molar-refractivity contribution in [1.82, 2.24) is 0 Å². The van der Waals surface area contributed by atoms with Gasteiger partial charge in [0.1, 0.15) is 11.3 Å². The minimum atomic E-state index is -1.17. The first-order chi connectivity index (χ1) is 7.06. The number of rotatable bonds is 4. The standard InChI is InChI=1S/C11H13NO3/c1-2-3-9(12)7-4-5-10(13)8(6-7)11(14)15/h2,4-6,9,13H,1,3,12H2,(H,14,15)/t9-/m0/s1. The van der Waals surface area contributed by atoms with Crippen LogP contribution in [-0.2, 0) is 0 Å². The Bertz CT molecular complexity index is 387. The Kier molecular flexibility index (Phi) is 3.46. The van der Waals surface area contributed by atoms with Crippen molar-refractivity contribution in [3.8, 4) is 5.75 Å². The molecule has 0 heterocycles. The SMILES string of the molecule is C=CC[C@H](N)c1ccc(O)c(C(=O)O)c1. The number of hydrogen-bond acceptors (Lipinski definition) is 3. The third kappa shape index (κ3) is 2.57. The molecule has 15 heavy (non-hydrogen) atoms. The fraction of sp³-hybridized carbons (Fsp3) is 0.182. The Morgan fingerprint density at radius 3 is 2.80 bits per heavy atom. The molecule has 0 radical (unpaired) electrons. The number of aromatic carboxylic acids is 1. The summed E-state index contributed by atoms with van der Waals surface area (Å²) in [6, 6.07) is 4.03. The van der Waals surface area contributed by atoms with Crippen LogP contribution < -0.4 is 5.73 Å². The van der Waals surface area contributed by atoms with Crippen LogP contribution in [0.4, 0.5) is 0 Å². The van der Waals surface area contributed by atoms with Gasteiger partial charge in [0, 0.05) is 6.04 Å². The van der Waals surface area contributed by atoms with Gasteiger partial charge in [-0.2, -0.15) is 0 Å². The van der Waals surface area contributed by atoms with Crippen LogP contribution in [0.25, 0.3) is 0 Å². The van der Waals surface area contributed by atoms with E-state index in [4.69, 9.17) is 10.8 Å². The maximum atomic E-state index is 10.7. The smallest absolute Gasteiger partial charge is 0.339 e. The molecule has 4 heteroatoms. The zero-order chi connectivity index (χ0) is 11.4. The summed E-state index contributed by atoms with van der Waals surface area (Å²) in [6.07, 6.45) is 2.22. The summed E-state index contributed by atoms with van der Waals surface area (Å²) >= 11 is 0. The number of carboxylic acid groups (broad SMARTS) is 1. The van der Waals surface area contributed by atoms with Crippen molar-refractivity contribution in [3.63, 3.8) is 0 Å². The van der Waals surface area contributed by atoms with Gasteiger partial charge in [-0.15, -0.1) is 6.58 Å². The highest BCUT2D eigenvalue weighted by Gasteiger charge is 2.12. The monoisotopic (exact) mass is 207 g/mol. The topological polar surface area (TPSA) is 83.5 Å². The number of hydrogen-bond donors (Lipinski definition) is 3. The van der Waals surface area contributed by atoms with E-state index < -0.39 is 5.97 Å². The van der Waals surface area contributed by atoms with Gasteiger partial charge < -0.3 is 15.9 Å². The third-order valence-corrected chi connectivity index (χ3v) is 2.10. The van der Waals surface area contributed by atoms with E-state index in [9.17, 15) is 9.90 Å². The minimum absolute atomic E-state index is 0.132. The normalized spacial score (nSPS) is 12.1. The van der Waals surface area contributed by atoms with E-state index in [2.05, 4.69) is 6.58 Å². The summed E-state index contributed by atoms with van der Waals surface area (Å²) in [5.74, 6) is -1.42. The van der Waals surface area contributed by atoms with Crippen LogP contribution in [0.5, 0.6) is 5.75 Å². The van der Waals surface area contributed by atoms with Crippen LogP contribution >= 0.6 is 0 Å². The second kappa shape index (κ2) is 4.61. The van der Waals surface area contributed by atoms with Gasteiger partial charge in [0.15, 0.2) is 0 Å². The molecule has 1 aromatic carbocycles. The molecule has 1 atom stereocenters. The molecule has 4 N–H and O–H groups in total. The summed E-state index contributed by atoms with van der Waals surface area (Å²) in [6.45, 7) is 3.56. The lowest BCUT2D eigenvalue weighted by molar-refractivity contribution is 0.0693. The molecule has 4 nitrogen and oxygen atoms in total. The van der Waals surface area contributed by atoms with Gasteiger partial charge >= 0.3 is 5.97 Å². The molecular formula is C11H13NO3. The van der Waals surface area contributed by atoms with Crippen LogP contribution in [0.1, 0.15) is 28.4 Å². The van der Waals surface area contributed by atoms with E-state index in [0.29, 0.717) is 12.0 Å². The first-order valence-corrected chi connectivity index (χ1v) is 4.49. The minimum Gasteiger partial charge on any atom is -0.507 e. The van der Waals surface area contributed by atoms with Gasteiger partial charge in [-0.3, -0.25) is 0 Å². The molecule has 0 amide bonds.